The summed E-state index contributed by atoms with van der Waals surface area (Å²) in [5.74, 6) is 0.897. The fraction of sp³-hybridized carbons (Fsp3) is 0.462. The number of hydrogen-bond donors (Lipinski definition) is 1. The van der Waals surface area contributed by atoms with Crippen LogP contribution in [-0.4, -0.2) is 12.5 Å². The van der Waals surface area contributed by atoms with E-state index in [2.05, 4.69) is 12.2 Å². The molecule has 0 heterocycles. The van der Waals surface area contributed by atoms with Gasteiger partial charge in [0.15, 0.2) is 0 Å². The summed E-state index contributed by atoms with van der Waals surface area (Å²) in [5.41, 5.74) is 0.518. The van der Waals surface area contributed by atoms with Gasteiger partial charge in [-0.15, -0.1) is 0 Å². The molecular weight excluding hydrogens is 205 g/mol. The highest BCUT2D eigenvalue weighted by atomic mass is 19.1. The van der Waals surface area contributed by atoms with Crippen LogP contribution in [0.4, 0.5) is 4.39 Å². The van der Waals surface area contributed by atoms with E-state index in [-0.39, 0.29) is 11.7 Å². The summed E-state index contributed by atoms with van der Waals surface area (Å²) in [6.07, 6.45) is 2.57. The maximum Gasteiger partial charge on any atom is 0.251 e. The summed E-state index contributed by atoms with van der Waals surface area (Å²) in [5, 5.41) is 2.88. The zero-order valence-corrected chi connectivity index (χ0v) is 9.37. The molecule has 0 radical (unpaired) electrons. The number of amides is 1. The van der Waals surface area contributed by atoms with Gasteiger partial charge in [-0.2, -0.15) is 0 Å². The second-order valence-electron chi connectivity index (χ2n) is 4.53. The summed E-state index contributed by atoms with van der Waals surface area (Å²) in [4.78, 5) is 11.7. The molecule has 0 aliphatic heterocycles. The number of halogens is 1. The first-order valence-electron chi connectivity index (χ1n) is 5.70. The molecule has 0 saturated heterocycles. The first-order chi connectivity index (χ1) is 7.66. The minimum Gasteiger partial charge on any atom is -0.352 e. The minimum absolute atomic E-state index is 0.118. The molecule has 1 saturated carbocycles. The summed E-state index contributed by atoms with van der Waals surface area (Å²) in [6.45, 7) is 2.86. The summed E-state index contributed by atoms with van der Waals surface area (Å²) in [7, 11) is 0. The van der Waals surface area contributed by atoms with Crippen LogP contribution in [-0.2, 0) is 0 Å². The second-order valence-corrected chi connectivity index (χ2v) is 4.53. The van der Waals surface area contributed by atoms with Gasteiger partial charge in [-0.25, -0.2) is 4.39 Å². The lowest BCUT2D eigenvalue weighted by Gasteiger charge is -2.11. The standard InChI is InChI=1S/C13H16FNO/c1-9(10-2-3-10)8-15-13(16)11-4-6-12(14)7-5-11/h4-7,9-10H,2-3,8H2,1H3,(H,15,16). The Kier molecular flexibility index (Phi) is 3.22. The zero-order chi connectivity index (χ0) is 11.5. The molecule has 0 aromatic heterocycles. The van der Waals surface area contributed by atoms with E-state index >= 15 is 0 Å². The van der Waals surface area contributed by atoms with Crippen molar-refractivity contribution >= 4 is 5.91 Å². The SMILES string of the molecule is CC(CNC(=O)c1ccc(F)cc1)C1CC1. The van der Waals surface area contributed by atoms with Crippen LogP contribution in [0.1, 0.15) is 30.1 Å². The number of rotatable bonds is 4. The van der Waals surface area contributed by atoms with Gasteiger partial charge >= 0.3 is 0 Å². The highest BCUT2D eigenvalue weighted by Crippen LogP contribution is 2.36. The first kappa shape index (κ1) is 11.1. The third-order valence-corrected chi connectivity index (χ3v) is 3.12. The molecule has 0 spiro atoms. The highest BCUT2D eigenvalue weighted by molar-refractivity contribution is 5.94. The Labute approximate surface area is 94.9 Å². The van der Waals surface area contributed by atoms with Crippen molar-refractivity contribution in [2.75, 3.05) is 6.54 Å². The van der Waals surface area contributed by atoms with E-state index in [9.17, 15) is 9.18 Å². The number of carbonyl (C=O) groups excluding carboxylic acids is 1. The maximum absolute atomic E-state index is 12.6. The molecule has 1 fully saturated rings. The average Bonchev–Trinajstić information content (AvgIpc) is 3.10. The predicted molar refractivity (Wildman–Crippen MR) is 60.6 cm³/mol. The van der Waals surface area contributed by atoms with Crippen LogP contribution in [0.5, 0.6) is 0 Å². The monoisotopic (exact) mass is 221 g/mol. The smallest absolute Gasteiger partial charge is 0.251 e. The Morgan fingerprint density at radius 3 is 2.62 bits per heavy atom. The van der Waals surface area contributed by atoms with Crippen LogP contribution >= 0.6 is 0 Å². The first-order valence-corrected chi connectivity index (χ1v) is 5.70. The summed E-state index contributed by atoms with van der Waals surface area (Å²) >= 11 is 0. The Morgan fingerprint density at radius 1 is 1.44 bits per heavy atom. The molecule has 16 heavy (non-hydrogen) atoms. The topological polar surface area (TPSA) is 29.1 Å². The quantitative estimate of drug-likeness (QED) is 0.832. The van der Waals surface area contributed by atoms with Crippen molar-refractivity contribution in [3.05, 3.63) is 35.6 Å². The lowest BCUT2D eigenvalue weighted by Crippen LogP contribution is -2.28. The predicted octanol–water partition coefficient (Wildman–Crippen LogP) is 2.60. The average molecular weight is 221 g/mol. The number of hydrogen-bond acceptors (Lipinski definition) is 1. The molecule has 86 valence electrons. The largest absolute Gasteiger partial charge is 0.352 e. The van der Waals surface area contributed by atoms with Crippen LogP contribution in [0.25, 0.3) is 0 Å². The lowest BCUT2D eigenvalue weighted by molar-refractivity contribution is 0.0946. The van der Waals surface area contributed by atoms with Crippen molar-refractivity contribution in [1.29, 1.82) is 0 Å². The number of benzene rings is 1. The fourth-order valence-electron chi connectivity index (χ4n) is 1.79. The van der Waals surface area contributed by atoms with Crippen LogP contribution in [0.2, 0.25) is 0 Å². The van der Waals surface area contributed by atoms with E-state index in [4.69, 9.17) is 0 Å². The molecule has 1 aromatic carbocycles. The minimum atomic E-state index is -0.317. The second kappa shape index (κ2) is 4.64. The third-order valence-electron chi connectivity index (χ3n) is 3.12. The van der Waals surface area contributed by atoms with Crippen molar-refractivity contribution in [2.45, 2.75) is 19.8 Å². The lowest BCUT2D eigenvalue weighted by atomic mass is 10.1. The van der Waals surface area contributed by atoms with Gasteiger partial charge in [0.2, 0.25) is 0 Å². The van der Waals surface area contributed by atoms with Gasteiger partial charge in [-0.1, -0.05) is 6.92 Å². The van der Waals surface area contributed by atoms with Gasteiger partial charge in [0.1, 0.15) is 5.82 Å². The Hall–Kier alpha value is -1.38. The van der Waals surface area contributed by atoms with Gasteiger partial charge in [0.05, 0.1) is 0 Å². The molecule has 1 amide bonds. The molecule has 0 bridgehead atoms. The van der Waals surface area contributed by atoms with E-state index < -0.39 is 0 Å². The number of nitrogens with one attached hydrogen (secondary N) is 1. The van der Waals surface area contributed by atoms with Gasteiger partial charge in [0.25, 0.3) is 5.91 Å². The Balaban J connectivity index is 1.85. The van der Waals surface area contributed by atoms with E-state index in [1.807, 2.05) is 0 Å². The van der Waals surface area contributed by atoms with Crippen LogP contribution < -0.4 is 5.32 Å². The van der Waals surface area contributed by atoms with Gasteiger partial charge in [0, 0.05) is 12.1 Å². The molecule has 1 unspecified atom stereocenters. The van der Waals surface area contributed by atoms with Gasteiger partial charge < -0.3 is 5.32 Å². The highest BCUT2D eigenvalue weighted by Gasteiger charge is 2.27. The molecule has 2 rings (SSSR count). The molecule has 1 aromatic rings. The molecule has 1 aliphatic carbocycles. The van der Waals surface area contributed by atoms with Crippen molar-refractivity contribution in [1.82, 2.24) is 5.32 Å². The van der Waals surface area contributed by atoms with Gasteiger partial charge in [-0.05, 0) is 48.9 Å². The van der Waals surface area contributed by atoms with E-state index in [0.29, 0.717) is 18.0 Å². The number of carbonyl (C=O) groups is 1. The maximum atomic E-state index is 12.6. The fourth-order valence-corrected chi connectivity index (χ4v) is 1.79. The van der Waals surface area contributed by atoms with Crippen molar-refractivity contribution in [3.8, 4) is 0 Å². The molecule has 1 N–H and O–H groups in total. The summed E-state index contributed by atoms with van der Waals surface area (Å²) in [6, 6.07) is 5.62. The van der Waals surface area contributed by atoms with E-state index in [0.717, 1.165) is 5.92 Å². The van der Waals surface area contributed by atoms with E-state index in [1.54, 1.807) is 0 Å². The summed E-state index contributed by atoms with van der Waals surface area (Å²) < 4.78 is 12.6. The van der Waals surface area contributed by atoms with Crippen molar-refractivity contribution in [2.24, 2.45) is 11.8 Å². The van der Waals surface area contributed by atoms with Gasteiger partial charge in [-0.3, -0.25) is 4.79 Å². The van der Waals surface area contributed by atoms with Crippen LogP contribution in [0.15, 0.2) is 24.3 Å². The Morgan fingerprint density at radius 2 is 2.06 bits per heavy atom. The van der Waals surface area contributed by atoms with Crippen LogP contribution in [0, 0.1) is 17.7 Å². The zero-order valence-electron chi connectivity index (χ0n) is 9.37. The Bertz CT molecular complexity index is 370. The molecule has 1 atom stereocenters. The molecule has 3 heteroatoms. The molecule has 2 nitrogen and oxygen atoms in total. The van der Waals surface area contributed by atoms with E-state index in [1.165, 1.54) is 37.1 Å². The normalized spacial score (nSPS) is 16.9. The molecular formula is C13H16FNO. The third kappa shape index (κ3) is 2.81. The van der Waals surface area contributed by atoms with Crippen molar-refractivity contribution < 1.29 is 9.18 Å². The van der Waals surface area contributed by atoms with Crippen molar-refractivity contribution in [3.63, 3.8) is 0 Å². The molecule has 1 aliphatic rings. The van der Waals surface area contributed by atoms with Crippen LogP contribution in [0.3, 0.4) is 0 Å².